The van der Waals surface area contributed by atoms with Crippen LogP contribution in [0.3, 0.4) is 0 Å². The number of aliphatic hydroxyl groups is 1. The van der Waals surface area contributed by atoms with E-state index in [1.165, 1.54) is 25.2 Å². The minimum atomic E-state index is -3.73. The molecule has 0 unspecified atom stereocenters. The summed E-state index contributed by atoms with van der Waals surface area (Å²) in [4.78, 5) is 38.8. The summed E-state index contributed by atoms with van der Waals surface area (Å²) in [5.74, 6) is -2.18. The van der Waals surface area contributed by atoms with Gasteiger partial charge in [0, 0.05) is 18.2 Å². The van der Waals surface area contributed by atoms with Crippen LogP contribution in [-0.2, 0) is 26.0 Å². The Balaban J connectivity index is 1.96. The van der Waals surface area contributed by atoms with E-state index in [-0.39, 0.29) is 29.3 Å². The van der Waals surface area contributed by atoms with Crippen molar-refractivity contribution in [2.75, 3.05) is 24.7 Å². The smallest absolute Gasteiger partial charge is 0.336 e. The van der Waals surface area contributed by atoms with Crippen LogP contribution in [0.2, 0.25) is 0 Å². The molecule has 0 aliphatic rings. The van der Waals surface area contributed by atoms with Gasteiger partial charge in [-0.25, -0.2) is 13.2 Å². The van der Waals surface area contributed by atoms with Crippen molar-refractivity contribution < 1.29 is 32.6 Å². The second-order valence-corrected chi connectivity index (χ2v) is 11.4. The predicted octanol–water partition coefficient (Wildman–Crippen LogP) is 2.45. The summed E-state index contributed by atoms with van der Waals surface area (Å²) in [5.41, 5.74) is 1.70. The van der Waals surface area contributed by atoms with Crippen LogP contribution in [0.4, 0.5) is 5.69 Å². The second kappa shape index (κ2) is 13.2. The molecule has 3 N–H and O–H groups in total. The first-order valence-electron chi connectivity index (χ1n) is 12.5. The van der Waals surface area contributed by atoms with Crippen LogP contribution in [0.5, 0.6) is 0 Å². The molecule has 0 saturated heterocycles. The lowest BCUT2D eigenvalue weighted by Gasteiger charge is -2.24. The summed E-state index contributed by atoms with van der Waals surface area (Å²) < 4.78 is 30.2. The van der Waals surface area contributed by atoms with Crippen LogP contribution in [0.1, 0.15) is 44.8 Å². The minimum absolute atomic E-state index is 0.0411. The van der Waals surface area contributed by atoms with Gasteiger partial charge in [-0.1, -0.05) is 60.7 Å². The number of ether oxygens (including phenoxy) is 1. The molecule has 11 heteroatoms. The fourth-order valence-corrected chi connectivity index (χ4v) is 4.49. The number of methoxy groups -OCH3 is 1. The van der Waals surface area contributed by atoms with Gasteiger partial charge in [0.05, 0.1) is 31.1 Å². The number of amides is 2. The summed E-state index contributed by atoms with van der Waals surface area (Å²) in [6, 6.07) is 20.8. The Kier molecular flexibility index (Phi) is 10.0. The van der Waals surface area contributed by atoms with E-state index in [9.17, 15) is 27.9 Å². The largest absolute Gasteiger partial charge is 0.467 e. The lowest BCUT2D eigenvalue weighted by atomic mass is 10.00. The molecule has 3 atom stereocenters. The third kappa shape index (κ3) is 7.90. The third-order valence-corrected chi connectivity index (χ3v) is 7.59. The normalized spacial score (nSPS) is 13.4. The molecule has 0 fully saturated rings. The standard InChI is InChI=1S/C29H33N3O7S/c1-19(21-13-9-6-10-14-21)30-27(34)22-16-23(18-24(17-22)32(2)40(4,37)38)28(35)31-25(26(33)29(36)39-3)15-20-11-7-5-8-12-20/h5-14,16-19,25-26,33H,15H2,1-4H3,(H,30,34)(H,31,35)/t19-,25+,26-/m1/s1. The monoisotopic (exact) mass is 567 g/mol. The fraction of sp³-hybridized carbons (Fsp3) is 0.276. The van der Waals surface area contributed by atoms with E-state index in [0.29, 0.717) is 0 Å². The van der Waals surface area contributed by atoms with E-state index in [1.807, 2.05) is 36.4 Å². The van der Waals surface area contributed by atoms with Crippen LogP contribution in [-0.4, -0.2) is 63.9 Å². The molecule has 0 heterocycles. The molecule has 40 heavy (non-hydrogen) atoms. The third-order valence-electron chi connectivity index (χ3n) is 6.39. The van der Waals surface area contributed by atoms with Gasteiger partial charge in [-0.2, -0.15) is 0 Å². The maximum absolute atomic E-state index is 13.4. The van der Waals surface area contributed by atoms with Crippen molar-refractivity contribution in [3.05, 3.63) is 101 Å². The lowest BCUT2D eigenvalue weighted by Crippen LogP contribution is -2.48. The van der Waals surface area contributed by atoms with E-state index in [2.05, 4.69) is 15.4 Å². The first-order chi connectivity index (χ1) is 18.9. The van der Waals surface area contributed by atoms with E-state index in [4.69, 9.17) is 0 Å². The molecule has 0 spiro atoms. The summed E-state index contributed by atoms with van der Waals surface area (Å²) in [5, 5.41) is 16.1. The lowest BCUT2D eigenvalue weighted by molar-refractivity contribution is -0.151. The number of nitrogens with zero attached hydrogens (tertiary/aromatic N) is 1. The highest BCUT2D eigenvalue weighted by Crippen LogP contribution is 2.22. The highest BCUT2D eigenvalue weighted by Gasteiger charge is 2.30. The van der Waals surface area contributed by atoms with E-state index >= 15 is 0 Å². The molecular formula is C29H33N3O7S. The Morgan fingerprint density at radius 2 is 1.43 bits per heavy atom. The van der Waals surface area contributed by atoms with Crippen molar-refractivity contribution in [3.63, 3.8) is 0 Å². The highest BCUT2D eigenvalue weighted by molar-refractivity contribution is 7.92. The Hall–Kier alpha value is -4.22. The average Bonchev–Trinajstić information content (AvgIpc) is 2.95. The van der Waals surface area contributed by atoms with Crippen molar-refractivity contribution in [1.29, 1.82) is 0 Å². The minimum Gasteiger partial charge on any atom is -0.467 e. The predicted molar refractivity (Wildman–Crippen MR) is 151 cm³/mol. The van der Waals surface area contributed by atoms with Crippen LogP contribution >= 0.6 is 0 Å². The van der Waals surface area contributed by atoms with E-state index < -0.39 is 40.0 Å². The van der Waals surface area contributed by atoms with E-state index in [1.54, 1.807) is 31.2 Å². The summed E-state index contributed by atoms with van der Waals surface area (Å²) in [6.45, 7) is 1.80. The molecule has 0 aromatic heterocycles. The zero-order valence-corrected chi connectivity index (χ0v) is 23.5. The number of carbonyl (C=O) groups is 3. The van der Waals surface area contributed by atoms with Gasteiger partial charge in [0.1, 0.15) is 0 Å². The summed E-state index contributed by atoms with van der Waals surface area (Å²) in [6.07, 6.45) is -0.571. The molecule has 0 radical (unpaired) electrons. The zero-order chi connectivity index (χ0) is 29.4. The molecule has 0 bridgehead atoms. The van der Waals surface area contributed by atoms with Crippen LogP contribution in [0.25, 0.3) is 0 Å². The Labute approximate surface area is 234 Å². The number of aliphatic hydroxyl groups excluding tert-OH is 1. The maximum atomic E-state index is 13.4. The van der Waals surface area contributed by atoms with Gasteiger partial charge >= 0.3 is 5.97 Å². The van der Waals surface area contributed by atoms with Gasteiger partial charge in [0.25, 0.3) is 11.8 Å². The van der Waals surface area contributed by atoms with Gasteiger partial charge in [-0.3, -0.25) is 13.9 Å². The van der Waals surface area contributed by atoms with Gasteiger partial charge in [-0.15, -0.1) is 0 Å². The molecule has 3 aromatic carbocycles. The van der Waals surface area contributed by atoms with Gasteiger partial charge in [0.15, 0.2) is 6.10 Å². The zero-order valence-electron chi connectivity index (χ0n) is 22.7. The van der Waals surface area contributed by atoms with Crippen molar-refractivity contribution in [2.45, 2.75) is 31.5 Å². The van der Waals surface area contributed by atoms with Crippen molar-refractivity contribution >= 4 is 33.5 Å². The quantitative estimate of drug-likeness (QED) is 0.302. The first kappa shape index (κ1) is 30.3. The number of hydrogen-bond acceptors (Lipinski definition) is 7. The Morgan fingerprint density at radius 1 is 0.900 bits per heavy atom. The molecule has 0 saturated carbocycles. The molecule has 3 rings (SSSR count). The Morgan fingerprint density at radius 3 is 1.95 bits per heavy atom. The van der Waals surface area contributed by atoms with Crippen molar-refractivity contribution in [3.8, 4) is 0 Å². The number of nitrogens with one attached hydrogen (secondary N) is 2. The SMILES string of the molecule is COC(=O)[C@H](O)[C@H](Cc1ccccc1)NC(=O)c1cc(C(=O)N[C@H](C)c2ccccc2)cc(N(C)S(C)(=O)=O)c1. The molecule has 0 aliphatic heterocycles. The van der Waals surface area contributed by atoms with Crippen LogP contribution < -0.4 is 14.9 Å². The topological polar surface area (TPSA) is 142 Å². The first-order valence-corrected chi connectivity index (χ1v) is 14.3. The number of benzene rings is 3. The maximum Gasteiger partial charge on any atom is 0.336 e. The number of rotatable bonds is 11. The number of carbonyl (C=O) groups excluding carboxylic acids is 3. The Bertz CT molecular complexity index is 1450. The van der Waals surface area contributed by atoms with Crippen molar-refractivity contribution in [1.82, 2.24) is 10.6 Å². The van der Waals surface area contributed by atoms with Gasteiger partial charge in [0.2, 0.25) is 10.0 Å². The van der Waals surface area contributed by atoms with Gasteiger partial charge in [-0.05, 0) is 42.7 Å². The molecule has 10 nitrogen and oxygen atoms in total. The number of esters is 1. The van der Waals surface area contributed by atoms with Gasteiger partial charge < -0.3 is 20.5 Å². The van der Waals surface area contributed by atoms with Crippen LogP contribution in [0, 0.1) is 0 Å². The molecule has 2 amide bonds. The average molecular weight is 568 g/mol. The fourth-order valence-electron chi connectivity index (χ4n) is 4.00. The number of anilines is 1. The van der Waals surface area contributed by atoms with Crippen LogP contribution in [0.15, 0.2) is 78.9 Å². The highest BCUT2D eigenvalue weighted by atomic mass is 32.2. The van der Waals surface area contributed by atoms with E-state index in [0.717, 1.165) is 28.8 Å². The molecule has 0 aliphatic carbocycles. The number of hydrogen-bond donors (Lipinski definition) is 3. The molecule has 3 aromatic rings. The molecule has 212 valence electrons. The number of sulfonamides is 1. The second-order valence-electron chi connectivity index (χ2n) is 9.34. The van der Waals surface area contributed by atoms with Crippen molar-refractivity contribution in [2.24, 2.45) is 0 Å². The summed E-state index contributed by atoms with van der Waals surface area (Å²) in [7, 11) is -1.30. The molecular weight excluding hydrogens is 534 g/mol. The summed E-state index contributed by atoms with van der Waals surface area (Å²) >= 11 is 0.